The Balaban J connectivity index is 1.43. The van der Waals surface area contributed by atoms with E-state index in [1.165, 1.54) is 89.9 Å². The van der Waals surface area contributed by atoms with Gasteiger partial charge in [0.1, 0.15) is 0 Å². The summed E-state index contributed by atoms with van der Waals surface area (Å²) < 4.78 is 0. The Morgan fingerprint density at radius 3 is 1.35 bits per heavy atom. The molecule has 0 amide bonds. The van der Waals surface area contributed by atoms with Gasteiger partial charge in [0.25, 0.3) is 0 Å². The lowest BCUT2D eigenvalue weighted by Crippen LogP contribution is -2.52. The zero-order valence-electron chi connectivity index (χ0n) is 15.4. The summed E-state index contributed by atoms with van der Waals surface area (Å²) in [5.41, 5.74) is 0.807. The van der Waals surface area contributed by atoms with E-state index in [1.54, 1.807) is 25.7 Å². The molecule has 4 aliphatic rings. The molecule has 0 heterocycles. The Morgan fingerprint density at radius 1 is 0.435 bits per heavy atom. The normalized spacial score (nSPS) is 31.2. The topological polar surface area (TPSA) is 3.24 Å². The fraction of sp³-hybridized carbons (Fsp3) is 1.00. The molecule has 0 aromatic carbocycles. The third kappa shape index (κ3) is 3.65. The van der Waals surface area contributed by atoms with Crippen molar-refractivity contribution >= 4 is 0 Å². The van der Waals surface area contributed by atoms with Gasteiger partial charge in [0.15, 0.2) is 0 Å². The molecule has 4 rings (SSSR count). The number of hydrogen-bond acceptors (Lipinski definition) is 1. The first-order chi connectivity index (χ1) is 11.4. The minimum absolute atomic E-state index is 0.807. The summed E-state index contributed by atoms with van der Waals surface area (Å²) in [7, 11) is 0. The van der Waals surface area contributed by atoms with Crippen molar-refractivity contribution in [3.05, 3.63) is 0 Å². The molecule has 23 heavy (non-hydrogen) atoms. The summed E-state index contributed by atoms with van der Waals surface area (Å²) in [6.07, 6.45) is 27.4. The number of rotatable bonds is 3. The van der Waals surface area contributed by atoms with Crippen LogP contribution in [0.15, 0.2) is 0 Å². The van der Waals surface area contributed by atoms with Crippen LogP contribution in [-0.4, -0.2) is 23.0 Å². The van der Waals surface area contributed by atoms with Crippen LogP contribution in [0, 0.1) is 5.41 Å². The van der Waals surface area contributed by atoms with Gasteiger partial charge in [-0.1, -0.05) is 51.4 Å². The van der Waals surface area contributed by atoms with Crippen LogP contribution >= 0.6 is 0 Å². The standard InChI is InChI=1S/C22H39N/c1-3-9-19(10-4-1)23(20-11-5-2-6-12-20)21-13-17-22(18-14-21)15-7-8-16-22/h19-21H,1-18H2. The molecule has 0 aromatic rings. The summed E-state index contributed by atoms with van der Waals surface area (Å²) in [4.78, 5) is 3.14. The molecule has 1 nitrogen and oxygen atoms in total. The SMILES string of the molecule is C1CCC(N(C2CCCCC2)C2CCC3(CCCC3)CC2)CC1. The zero-order chi connectivity index (χ0) is 15.5. The van der Waals surface area contributed by atoms with Gasteiger partial charge < -0.3 is 0 Å². The van der Waals surface area contributed by atoms with Crippen molar-refractivity contribution in [1.29, 1.82) is 0 Å². The van der Waals surface area contributed by atoms with Crippen molar-refractivity contribution in [3.8, 4) is 0 Å². The largest absolute Gasteiger partial charge is 0.294 e. The van der Waals surface area contributed by atoms with Crippen LogP contribution in [0.2, 0.25) is 0 Å². The molecule has 1 spiro atoms. The average Bonchev–Trinajstić information content (AvgIpc) is 3.07. The van der Waals surface area contributed by atoms with Crippen molar-refractivity contribution in [2.24, 2.45) is 5.41 Å². The second-order valence-corrected chi connectivity index (χ2v) is 9.47. The predicted octanol–water partition coefficient (Wildman–Crippen LogP) is 6.46. The molecule has 0 aromatic heterocycles. The predicted molar refractivity (Wildman–Crippen MR) is 98.7 cm³/mol. The summed E-state index contributed by atoms with van der Waals surface area (Å²) in [5, 5.41) is 0. The summed E-state index contributed by atoms with van der Waals surface area (Å²) in [6.45, 7) is 0. The Labute approximate surface area is 144 Å². The van der Waals surface area contributed by atoms with E-state index in [2.05, 4.69) is 4.90 Å². The molecule has 132 valence electrons. The van der Waals surface area contributed by atoms with Crippen molar-refractivity contribution in [2.45, 2.75) is 134 Å². The van der Waals surface area contributed by atoms with Gasteiger partial charge in [0, 0.05) is 18.1 Å². The molecule has 4 aliphatic carbocycles. The molecule has 0 radical (unpaired) electrons. The monoisotopic (exact) mass is 317 g/mol. The van der Waals surface area contributed by atoms with Crippen molar-refractivity contribution in [2.75, 3.05) is 0 Å². The van der Waals surface area contributed by atoms with Gasteiger partial charge in [-0.25, -0.2) is 0 Å². The van der Waals surface area contributed by atoms with Crippen LogP contribution in [0.3, 0.4) is 0 Å². The number of hydrogen-bond donors (Lipinski definition) is 0. The van der Waals surface area contributed by atoms with Crippen LogP contribution in [0.4, 0.5) is 0 Å². The molecule has 0 N–H and O–H groups in total. The van der Waals surface area contributed by atoms with Gasteiger partial charge in [-0.05, 0) is 69.6 Å². The fourth-order valence-corrected chi connectivity index (χ4v) is 6.79. The van der Waals surface area contributed by atoms with Gasteiger partial charge in [0.05, 0.1) is 0 Å². The third-order valence-electron chi connectivity index (χ3n) is 8.09. The lowest BCUT2D eigenvalue weighted by molar-refractivity contribution is 0.00160. The quantitative estimate of drug-likeness (QED) is 0.577. The van der Waals surface area contributed by atoms with Crippen LogP contribution < -0.4 is 0 Å². The third-order valence-corrected chi connectivity index (χ3v) is 8.09. The first-order valence-corrected chi connectivity index (χ1v) is 11.1. The maximum absolute atomic E-state index is 3.14. The Morgan fingerprint density at radius 2 is 0.870 bits per heavy atom. The Hall–Kier alpha value is -0.0400. The fourth-order valence-electron chi connectivity index (χ4n) is 6.79. The Bertz CT molecular complexity index is 330. The molecule has 0 aliphatic heterocycles. The highest BCUT2D eigenvalue weighted by atomic mass is 15.2. The van der Waals surface area contributed by atoms with E-state index in [1.807, 2.05) is 0 Å². The highest BCUT2D eigenvalue weighted by Gasteiger charge is 2.41. The van der Waals surface area contributed by atoms with E-state index < -0.39 is 0 Å². The van der Waals surface area contributed by atoms with Crippen molar-refractivity contribution < 1.29 is 0 Å². The summed E-state index contributed by atoms with van der Waals surface area (Å²) in [5.74, 6) is 0. The molecule has 0 unspecified atom stereocenters. The molecule has 0 bridgehead atoms. The lowest BCUT2D eigenvalue weighted by Gasteiger charge is -2.50. The lowest BCUT2D eigenvalue weighted by atomic mass is 9.70. The maximum atomic E-state index is 3.14. The summed E-state index contributed by atoms with van der Waals surface area (Å²) in [6, 6.07) is 2.86. The maximum Gasteiger partial charge on any atom is 0.0101 e. The van der Waals surface area contributed by atoms with Gasteiger partial charge in [-0.15, -0.1) is 0 Å². The van der Waals surface area contributed by atoms with Crippen LogP contribution in [-0.2, 0) is 0 Å². The number of nitrogens with zero attached hydrogens (tertiary/aromatic N) is 1. The van der Waals surface area contributed by atoms with Crippen molar-refractivity contribution in [3.63, 3.8) is 0 Å². The minimum atomic E-state index is 0.807. The van der Waals surface area contributed by atoms with E-state index in [0.29, 0.717) is 0 Å². The van der Waals surface area contributed by atoms with Gasteiger partial charge >= 0.3 is 0 Å². The zero-order valence-corrected chi connectivity index (χ0v) is 15.4. The van der Waals surface area contributed by atoms with E-state index in [0.717, 1.165) is 23.5 Å². The molecule has 0 atom stereocenters. The van der Waals surface area contributed by atoms with E-state index in [9.17, 15) is 0 Å². The summed E-state index contributed by atoms with van der Waals surface area (Å²) >= 11 is 0. The van der Waals surface area contributed by atoms with Crippen LogP contribution in [0.5, 0.6) is 0 Å². The molecule has 0 saturated heterocycles. The molecule has 4 fully saturated rings. The second kappa shape index (κ2) is 7.46. The van der Waals surface area contributed by atoms with E-state index >= 15 is 0 Å². The molecular formula is C22H39N. The first kappa shape index (κ1) is 16.4. The van der Waals surface area contributed by atoms with Gasteiger partial charge in [-0.3, -0.25) is 4.90 Å². The Kier molecular flexibility index (Phi) is 5.33. The first-order valence-electron chi connectivity index (χ1n) is 11.1. The molecule has 1 heteroatoms. The smallest absolute Gasteiger partial charge is 0.0101 e. The highest BCUT2D eigenvalue weighted by Crippen LogP contribution is 2.50. The highest BCUT2D eigenvalue weighted by molar-refractivity contribution is 4.95. The van der Waals surface area contributed by atoms with Crippen LogP contribution in [0.1, 0.15) is 116 Å². The van der Waals surface area contributed by atoms with Gasteiger partial charge in [0.2, 0.25) is 0 Å². The minimum Gasteiger partial charge on any atom is -0.294 e. The van der Waals surface area contributed by atoms with Gasteiger partial charge in [-0.2, -0.15) is 0 Å². The van der Waals surface area contributed by atoms with Crippen molar-refractivity contribution in [1.82, 2.24) is 4.90 Å². The second-order valence-electron chi connectivity index (χ2n) is 9.47. The average molecular weight is 318 g/mol. The molecular weight excluding hydrogens is 278 g/mol. The van der Waals surface area contributed by atoms with E-state index in [-0.39, 0.29) is 0 Å². The van der Waals surface area contributed by atoms with E-state index in [4.69, 9.17) is 0 Å². The molecule has 4 saturated carbocycles. The van der Waals surface area contributed by atoms with Crippen LogP contribution in [0.25, 0.3) is 0 Å².